The third-order valence-corrected chi connectivity index (χ3v) is 5.85. The van der Waals surface area contributed by atoms with Crippen LogP contribution in [0.5, 0.6) is 0 Å². The maximum Gasteiger partial charge on any atom is 0.229 e. The van der Waals surface area contributed by atoms with Crippen molar-refractivity contribution < 1.29 is 13.9 Å². The molecule has 1 atom stereocenters. The number of nitrogens with zero attached hydrogens (tertiary/aromatic N) is 2. The van der Waals surface area contributed by atoms with Crippen molar-refractivity contribution in [2.24, 2.45) is 0 Å². The summed E-state index contributed by atoms with van der Waals surface area (Å²) in [6.07, 6.45) is 2.61. The van der Waals surface area contributed by atoms with Crippen molar-refractivity contribution in [2.75, 3.05) is 18.1 Å². The van der Waals surface area contributed by atoms with Crippen molar-refractivity contribution in [3.05, 3.63) is 59.9 Å². The van der Waals surface area contributed by atoms with E-state index in [1.54, 1.807) is 23.1 Å². The average molecular weight is 384 g/mol. The second-order valence-corrected chi connectivity index (χ2v) is 7.70. The van der Waals surface area contributed by atoms with Crippen LogP contribution in [0.3, 0.4) is 0 Å². The molecule has 1 saturated heterocycles. The van der Waals surface area contributed by atoms with Gasteiger partial charge in [0, 0.05) is 13.0 Å². The molecule has 0 radical (unpaired) electrons. The van der Waals surface area contributed by atoms with E-state index in [9.17, 15) is 9.18 Å². The molecule has 1 aromatic heterocycles. The zero-order chi connectivity index (χ0) is 18.6. The number of hydrogen-bond acceptors (Lipinski definition) is 4. The Labute approximate surface area is 161 Å². The highest BCUT2D eigenvalue weighted by Crippen LogP contribution is 2.30. The molecule has 0 bridgehead atoms. The van der Waals surface area contributed by atoms with Crippen molar-refractivity contribution in [2.45, 2.75) is 31.8 Å². The summed E-state index contributed by atoms with van der Waals surface area (Å²) in [4.78, 5) is 19.4. The summed E-state index contributed by atoms with van der Waals surface area (Å²) in [5.41, 5.74) is 1.45. The number of ether oxygens (including phenoxy) is 1. The minimum Gasteiger partial charge on any atom is -0.376 e. The fraction of sp³-hybridized carbons (Fsp3) is 0.333. The van der Waals surface area contributed by atoms with E-state index in [0.29, 0.717) is 23.7 Å². The third-order valence-electron chi connectivity index (χ3n) is 4.79. The average Bonchev–Trinajstić information content (AvgIpc) is 3.34. The molecule has 0 unspecified atom stereocenters. The number of fused-ring (bicyclic) bond motifs is 1. The van der Waals surface area contributed by atoms with Gasteiger partial charge in [-0.15, -0.1) is 0 Å². The number of rotatable bonds is 6. The van der Waals surface area contributed by atoms with Gasteiger partial charge in [0.05, 0.1) is 22.9 Å². The zero-order valence-electron chi connectivity index (χ0n) is 14.9. The second-order valence-electron chi connectivity index (χ2n) is 6.69. The smallest absolute Gasteiger partial charge is 0.229 e. The molecule has 140 valence electrons. The van der Waals surface area contributed by atoms with Crippen LogP contribution in [-0.2, 0) is 16.0 Å². The lowest BCUT2D eigenvalue weighted by Gasteiger charge is -2.23. The lowest BCUT2D eigenvalue weighted by Crippen LogP contribution is -2.37. The Balaban J connectivity index is 1.54. The number of thiazole rings is 1. The zero-order valence-corrected chi connectivity index (χ0v) is 15.8. The predicted molar refractivity (Wildman–Crippen MR) is 106 cm³/mol. The van der Waals surface area contributed by atoms with Crippen molar-refractivity contribution >= 4 is 32.6 Å². The molecule has 1 amide bonds. The van der Waals surface area contributed by atoms with E-state index >= 15 is 0 Å². The number of carbonyl (C=O) groups excluding carboxylic acids is 1. The highest BCUT2D eigenvalue weighted by atomic mass is 32.1. The number of hydrogen-bond donors (Lipinski definition) is 0. The highest BCUT2D eigenvalue weighted by Gasteiger charge is 2.26. The van der Waals surface area contributed by atoms with Crippen LogP contribution >= 0.6 is 11.3 Å². The van der Waals surface area contributed by atoms with Gasteiger partial charge in [-0.2, -0.15) is 0 Å². The first-order valence-electron chi connectivity index (χ1n) is 9.21. The minimum absolute atomic E-state index is 0.0365. The van der Waals surface area contributed by atoms with Gasteiger partial charge in [0.1, 0.15) is 5.82 Å². The van der Waals surface area contributed by atoms with Gasteiger partial charge >= 0.3 is 0 Å². The molecule has 0 spiro atoms. The fourth-order valence-corrected chi connectivity index (χ4v) is 4.32. The molecule has 2 heterocycles. The number of aryl methyl sites for hydroxylation is 1. The standard InChI is InChI=1S/C21H21FN2O2S/c22-17-8-2-1-6-15(17)11-12-20(25)24(14-16-7-5-13-26-16)21-23-18-9-3-4-10-19(18)27-21/h1-4,6,8-10,16H,5,7,11-14H2/t16-/m0/s1. The van der Waals surface area contributed by atoms with Crippen LogP contribution in [0.15, 0.2) is 48.5 Å². The topological polar surface area (TPSA) is 42.4 Å². The van der Waals surface area contributed by atoms with Gasteiger partial charge in [-0.1, -0.05) is 41.7 Å². The van der Waals surface area contributed by atoms with Crippen LogP contribution in [0, 0.1) is 5.82 Å². The molecule has 27 heavy (non-hydrogen) atoms. The maximum atomic E-state index is 13.9. The largest absolute Gasteiger partial charge is 0.376 e. The van der Waals surface area contributed by atoms with Crippen LogP contribution in [-0.4, -0.2) is 30.1 Å². The Morgan fingerprint density at radius 1 is 1.22 bits per heavy atom. The molecule has 4 nitrogen and oxygen atoms in total. The summed E-state index contributed by atoms with van der Waals surface area (Å²) >= 11 is 1.51. The summed E-state index contributed by atoms with van der Waals surface area (Å²) in [6, 6.07) is 14.5. The Bertz CT molecular complexity index is 904. The summed E-state index contributed by atoms with van der Waals surface area (Å²) in [7, 11) is 0. The molecule has 1 aliphatic heterocycles. The van der Waals surface area contributed by atoms with E-state index in [4.69, 9.17) is 4.74 Å². The van der Waals surface area contributed by atoms with Crippen LogP contribution < -0.4 is 4.90 Å². The van der Waals surface area contributed by atoms with Crippen molar-refractivity contribution in [3.8, 4) is 0 Å². The molecule has 4 rings (SSSR count). The number of carbonyl (C=O) groups is 1. The summed E-state index contributed by atoms with van der Waals surface area (Å²) < 4.78 is 20.7. The predicted octanol–water partition coefficient (Wildman–Crippen LogP) is 4.58. The van der Waals surface area contributed by atoms with Gasteiger partial charge < -0.3 is 4.74 Å². The Morgan fingerprint density at radius 2 is 2.04 bits per heavy atom. The lowest BCUT2D eigenvalue weighted by atomic mass is 10.1. The molecule has 0 aliphatic carbocycles. The van der Waals surface area contributed by atoms with Gasteiger partial charge in [-0.3, -0.25) is 9.69 Å². The monoisotopic (exact) mass is 384 g/mol. The second kappa shape index (κ2) is 8.15. The Morgan fingerprint density at radius 3 is 2.81 bits per heavy atom. The third kappa shape index (κ3) is 4.17. The van der Waals surface area contributed by atoms with Crippen LogP contribution in [0.4, 0.5) is 9.52 Å². The highest BCUT2D eigenvalue weighted by molar-refractivity contribution is 7.22. The Kier molecular flexibility index (Phi) is 5.45. The van der Waals surface area contributed by atoms with Gasteiger partial charge in [0.15, 0.2) is 5.13 Å². The normalized spacial score (nSPS) is 16.7. The van der Waals surface area contributed by atoms with E-state index in [2.05, 4.69) is 4.98 Å². The van der Waals surface area contributed by atoms with Gasteiger partial charge in [-0.05, 0) is 43.0 Å². The summed E-state index contributed by atoms with van der Waals surface area (Å²) in [5, 5.41) is 0.685. The molecular weight excluding hydrogens is 363 g/mol. The van der Waals surface area contributed by atoms with Crippen molar-refractivity contribution in [1.82, 2.24) is 4.98 Å². The fourth-order valence-electron chi connectivity index (χ4n) is 3.33. The number of benzene rings is 2. The molecule has 2 aromatic carbocycles. The SMILES string of the molecule is O=C(CCc1ccccc1F)N(C[C@@H]1CCCO1)c1nc2ccccc2s1. The first kappa shape index (κ1) is 18.1. The van der Waals surface area contributed by atoms with Crippen LogP contribution in [0.25, 0.3) is 10.2 Å². The lowest BCUT2D eigenvalue weighted by molar-refractivity contribution is -0.119. The van der Waals surface area contributed by atoms with E-state index in [1.165, 1.54) is 17.4 Å². The van der Waals surface area contributed by atoms with Crippen molar-refractivity contribution in [1.29, 1.82) is 0 Å². The summed E-state index contributed by atoms with van der Waals surface area (Å²) in [5.74, 6) is -0.316. The van der Waals surface area contributed by atoms with Crippen LogP contribution in [0.1, 0.15) is 24.8 Å². The van der Waals surface area contributed by atoms with E-state index in [-0.39, 0.29) is 24.2 Å². The van der Waals surface area contributed by atoms with E-state index < -0.39 is 0 Å². The van der Waals surface area contributed by atoms with Crippen LogP contribution in [0.2, 0.25) is 0 Å². The number of anilines is 1. The number of amides is 1. The maximum absolute atomic E-state index is 13.9. The minimum atomic E-state index is -0.268. The number of para-hydroxylation sites is 1. The number of halogens is 1. The molecule has 6 heteroatoms. The van der Waals surface area contributed by atoms with Gasteiger partial charge in [-0.25, -0.2) is 9.37 Å². The van der Waals surface area contributed by atoms with Gasteiger partial charge in [0.2, 0.25) is 5.91 Å². The first-order valence-corrected chi connectivity index (χ1v) is 10.0. The Hall–Kier alpha value is -2.31. The molecular formula is C21H21FN2O2S. The van der Waals surface area contributed by atoms with Crippen molar-refractivity contribution in [3.63, 3.8) is 0 Å². The molecule has 3 aromatic rings. The van der Waals surface area contributed by atoms with Gasteiger partial charge in [0.25, 0.3) is 0 Å². The number of aromatic nitrogens is 1. The first-order chi connectivity index (χ1) is 13.2. The van der Waals surface area contributed by atoms with E-state index in [0.717, 1.165) is 29.7 Å². The molecule has 1 fully saturated rings. The molecule has 1 aliphatic rings. The quantitative estimate of drug-likeness (QED) is 0.625. The molecule has 0 N–H and O–H groups in total. The van der Waals surface area contributed by atoms with E-state index in [1.807, 2.05) is 24.3 Å². The molecule has 0 saturated carbocycles. The summed E-state index contributed by atoms with van der Waals surface area (Å²) in [6.45, 7) is 1.23.